The molecule has 3 N–H and O–H groups in total. The number of carbonyl (C=O) groups is 1. The van der Waals surface area contributed by atoms with Gasteiger partial charge in [0.2, 0.25) is 0 Å². The standard InChI is InChI=1S/C13H18N4O2S/c1-3-4-9-5-10(20-8(9)2)13(19)14-6-11-15-12(7-18)17-16-11/h5,18H,3-4,6-7H2,1-2H3,(H,14,19)(H,15,16,17). The molecule has 0 saturated carbocycles. The van der Waals surface area contributed by atoms with Crippen LogP contribution in [-0.4, -0.2) is 26.2 Å². The Hall–Kier alpha value is -1.73. The van der Waals surface area contributed by atoms with Gasteiger partial charge in [0.05, 0.1) is 11.4 Å². The van der Waals surface area contributed by atoms with E-state index in [1.165, 1.54) is 21.8 Å². The number of nitrogens with zero attached hydrogens (tertiary/aromatic N) is 2. The van der Waals surface area contributed by atoms with Crippen LogP contribution in [0.15, 0.2) is 6.07 Å². The highest BCUT2D eigenvalue weighted by Gasteiger charge is 2.12. The molecule has 0 fully saturated rings. The van der Waals surface area contributed by atoms with Gasteiger partial charge >= 0.3 is 0 Å². The number of aromatic amines is 1. The van der Waals surface area contributed by atoms with Crippen molar-refractivity contribution in [3.05, 3.63) is 33.0 Å². The van der Waals surface area contributed by atoms with Gasteiger partial charge in [0, 0.05) is 4.88 Å². The summed E-state index contributed by atoms with van der Waals surface area (Å²) in [6, 6.07) is 1.96. The topological polar surface area (TPSA) is 90.9 Å². The molecule has 0 bridgehead atoms. The number of rotatable bonds is 6. The lowest BCUT2D eigenvalue weighted by Gasteiger charge is -1.99. The lowest BCUT2D eigenvalue weighted by atomic mass is 10.1. The summed E-state index contributed by atoms with van der Waals surface area (Å²) in [4.78, 5) is 18.0. The van der Waals surface area contributed by atoms with Crippen LogP contribution < -0.4 is 5.32 Å². The molecule has 0 saturated heterocycles. The average Bonchev–Trinajstić information content (AvgIpc) is 3.04. The van der Waals surface area contributed by atoms with Gasteiger partial charge in [-0.15, -0.1) is 11.3 Å². The predicted molar refractivity (Wildman–Crippen MR) is 76.5 cm³/mol. The fourth-order valence-electron chi connectivity index (χ4n) is 1.88. The molecule has 0 unspecified atom stereocenters. The zero-order chi connectivity index (χ0) is 14.5. The number of H-pyrrole nitrogens is 1. The maximum atomic E-state index is 12.1. The van der Waals surface area contributed by atoms with E-state index in [1.807, 2.05) is 13.0 Å². The molecule has 2 heterocycles. The number of hydrogen-bond donors (Lipinski definition) is 3. The Balaban J connectivity index is 1.96. The molecule has 0 aliphatic rings. The van der Waals surface area contributed by atoms with E-state index in [0.29, 0.717) is 16.5 Å². The zero-order valence-corrected chi connectivity index (χ0v) is 12.4. The molecule has 0 aliphatic carbocycles. The van der Waals surface area contributed by atoms with Crippen LogP contribution in [0.4, 0.5) is 0 Å². The summed E-state index contributed by atoms with van der Waals surface area (Å²) in [5.41, 5.74) is 1.24. The van der Waals surface area contributed by atoms with Gasteiger partial charge in [0.1, 0.15) is 12.4 Å². The molecule has 0 aromatic carbocycles. The summed E-state index contributed by atoms with van der Waals surface area (Å²) < 4.78 is 0. The number of carbonyl (C=O) groups excluding carboxylic acids is 1. The van der Waals surface area contributed by atoms with Crippen molar-refractivity contribution in [2.45, 2.75) is 39.8 Å². The highest BCUT2D eigenvalue weighted by atomic mass is 32.1. The monoisotopic (exact) mass is 294 g/mol. The van der Waals surface area contributed by atoms with Crippen LogP contribution in [0.25, 0.3) is 0 Å². The highest BCUT2D eigenvalue weighted by molar-refractivity contribution is 7.14. The molecule has 6 nitrogen and oxygen atoms in total. The maximum absolute atomic E-state index is 12.1. The highest BCUT2D eigenvalue weighted by Crippen LogP contribution is 2.22. The van der Waals surface area contributed by atoms with Crippen molar-refractivity contribution in [3.8, 4) is 0 Å². The van der Waals surface area contributed by atoms with Crippen LogP contribution in [-0.2, 0) is 19.6 Å². The van der Waals surface area contributed by atoms with Gasteiger partial charge in [-0.05, 0) is 25.0 Å². The van der Waals surface area contributed by atoms with Gasteiger partial charge in [-0.25, -0.2) is 4.98 Å². The van der Waals surface area contributed by atoms with Gasteiger partial charge < -0.3 is 10.4 Å². The van der Waals surface area contributed by atoms with Crippen LogP contribution in [0.3, 0.4) is 0 Å². The minimum absolute atomic E-state index is 0.109. The van der Waals surface area contributed by atoms with Gasteiger partial charge in [0.15, 0.2) is 5.82 Å². The maximum Gasteiger partial charge on any atom is 0.261 e. The molecule has 0 radical (unpaired) electrons. The SMILES string of the molecule is CCCc1cc(C(=O)NCc2nc(CO)n[nH]2)sc1C. The lowest BCUT2D eigenvalue weighted by Crippen LogP contribution is -2.22. The van der Waals surface area contributed by atoms with E-state index < -0.39 is 0 Å². The first-order valence-electron chi connectivity index (χ1n) is 6.52. The van der Waals surface area contributed by atoms with Crippen molar-refractivity contribution in [2.75, 3.05) is 0 Å². The third-order valence-corrected chi connectivity index (χ3v) is 3.99. The Bertz CT molecular complexity index is 591. The van der Waals surface area contributed by atoms with Gasteiger partial charge in [-0.3, -0.25) is 9.89 Å². The van der Waals surface area contributed by atoms with Gasteiger partial charge in [-0.1, -0.05) is 13.3 Å². The second-order valence-corrected chi connectivity index (χ2v) is 5.74. The average molecular weight is 294 g/mol. The zero-order valence-electron chi connectivity index (χ0n) is 11.6. The summed E-state index contributed by atoms with van der Waals surface area (Å²) in [5.74, 6) is 0.748. The lowest BCUT2D eigenvalue weighted by molar-refractivity contribution is 0.0954. The second kappa shape index (κ2) is 6.62. The summed E-state index contributed by atoms with van der Waals surface area (Å²) in [6.45, 7) is 4.22. The predicted octanol–water partition coefficient (Wildman–Crippen LogP) is 1.55. The molecule has 1 amide bonds. The number of aliphatic hydroxyl groups is 1. The second-order valence-electron chi connectivity index (χ2n) is 4.48. The molecular formula is C13H18N4O2S. The minimum atomic E-state index is -0.213. The molecule has 2 aromatic heterocycles. The number of nitrogens with one attached hydrogen (secondary N) is 2. The summed E-state index contributed by atoms with van der Waals surface area (Å²) in [5, 5.41) is 18.1. The van der Waals surface area contributed by atoms with E-state index in [-0.39, 0.29) is 19.1 Å². The first-order chi connectivity index (χ1) is 9.63. The molecule has 108 valence electrons. The summed E-state index contributed by atoms with van der Waals surface area (Å²) >= 11 is 1.51. The fraction of sp³-hybridized carbons (Fsp3) is 0.462. The molecule has 2 aromatic rings. The van der Waals surface area contributed by atoms with Crippen LogP contribution in [0.2, 0.25) is 0 Å². The number of thiophene rings is 1. The van der Waals surface area contributed by atoms with Crippen molar-refractivity contribution in [3.63, 3.8) is 0 Å². The van der Waals surface area contributed by atoms with Crippen LogP contribution in [0.5, 0.6) is 0 Å². The normalized spacial score (nSPS) is 10.8. The Morgan fingerprint density at radius 1 is 1.55 bits per heavy atom. The van der Waals surface area contributed by atoms with E-state index in [2.05, 4.69) is 27.4 Å². The molecule has 7 heteroatoms. The van der Waals surface area contributed by atoms with E-state index in [9.17, 15) is 4.79 Å². The fourth-order valence-corrected chi connectivity index (χ4v) is 2.87. The molecule has 20 heavy (non-hydrogen) atoms. The van der Waals surface area contributed by atoms with Crippen molar-refractivity contribution in [1.82, 2.24) is 20.5 Å². The Labute approximate surface area is 121 Å². The quantitative estimate of drug-likeness (QED) is 0.754. The summed E-state index contributed by atoms with van der Waals surface area (Å²) in [6.07, 6.45) is 2.07. The van der Waals surface area contributed by atoms with Gasteiger partial charge in [0.25, 0.3) is 5.91 Å². The minimum Gasteiger partial charge on any atom is -0.388 e. The van der Waals surface area contributed by atoms with Crippen LogP contribution in [0.1, 0.15) is 45.1 Å². The molecule has 2 rings (SSSR count). The van der Waals surface area contributed by atoms with E-state index in [0.717, 1.165) is 12.8 Å². The van der Waals surface area contributed by atoms with Crippen molar-refractivity contribution in [2.24, 2.45) is 0 Å². The van der Waals surface area contributed by atoms with E-state index in [4.69, 9.17) is 5.11 Å². The largest absolute Gasteiger partial charge is 0.388 e. The van der Waals surface area contributed by atoms with Crippen molar-refractivity contribution < 1.29 is 9.90 Å². The van der Waals surface area contributed by atoms with Crippen LogP contribution in [0, 0.1) is 6.92 Å². The van der Waals surface area contributed by atoms with E-state index >= 15 is 0 Å². The number of hydrogen-bond acceptors (Lipinski definition) is 5. The molecule has 0 atom stereocenters. The van der Waals surface area contributed by atoms with Crippen molar-refractivity contribution in [1.29, 1.82) is 0 Å². The molecular weight excluding hydrogens is 276 g/mol. The smallest absolute Gasteiger partial charge is 0.261 e. The Morgan fingerprint density at radius 2 is 2.35 bits per heavy atom. The van der Waals surface area contributed by atoms with Crippen LogP contribution >= 0.6 is 11.3 Å². The first-order valence-corrected chi connectivity index (χ1v) is 7.34. The number of aromatic nitrogens is 3. The third kappa shape index (κ3) is 3.43. The molecule has 0 aliphatic heterocycles. The number of aliphatic hydroxyl groups excluding tert-OH is 1. The number of aryl methyl sites for hydroxylation is 2. The molecule has 0 spiro atoms. The van der Waals surface area contributed by atoms with Gasteiger partial charge in [-0.2, -0.15) is 5.10 Å². The van der Waals surface area contributed by atoms with Crippen molar-refractivity contribution >= 4 is 17.2 Å². The number of amides is 1. The third-order valence-electron chi connectivity index (χ3n) is 2.90. The Kier molecular flexibility index (Phi) is 4.86. The summed E-state index contributed by atoms with van der Waals surface area (Å²) in [7, 11) is 0. The van der Waals surface area contributed by atoms with E-state index in [1.54, 1.807) is 0 Å². The first kappa shape index (κ1) is 14.7. The Morgan fingerprint density at radius 3 is 3.00 bits per heavy atom.